The number of hydrogen-bond acceptors (Lipinski definition) is 5. The van der Waals surface area contributed by atoms with Gasteiger partial charge in [0.25, 0.3) is 0 Å². The lowest BCUT2D eigenvalue weighted by atomic mass is 10.1. The number of anilines is 1. The summed E-state index contributed by atoms with van der Waals surface area (Å²) in [7, 11) is 0. The van der Waals surface area contributed by atoms with Crippen LogP contribution in [0.3, 0.4) is 0 Å². The third-order valence-corrected chi connectivity index (χ3v) is 3.42. The van der Waals surface area contributed by atoms with E-state index in [4.69, 9.17) is 5.11 Å². The molecule has 3 aromatic rings. The average Bonchev–Trinajstić information content (AvgIpc) is 2.61. The second-order valence-electron chi connectivity index (χ2n) is 5.13. The van der Waals surface area contributed by atoms with E-state index < -0.39 is 0 Å². The predicted molar refractivity (Wildman–Crippen MR) is 91.4 cm³/mol. The topological polar surface area (TPSA) is 100 Å². The molecule has 122 valence electrons. The third-order valence-electron chi connectivity index (χ3n) is 3.42. The zero-order chi connectivity index (χ0) is 16.9. The van der Waals surface area contributed by atoms with E-state index in [1.54, 1.807) is 18.3 Å². The lowest BCUT2D eigenvalue weighted by molar-refractivity contribution is 0.252. The molecule has 3 N–H and O–H groups in total. The standard InChI is InChI=1S/C17H17N5O2/c1-2-18-17(24)22-15-8-7-13-16(21-15)20-14(9-19-13)12-5-3-11(10-23)4-6-12/h3-9,23H,2,10H2,1H3,(H2,18,20,21,22,24). The van der Waals surface area contributed by atoms with Gasteiger partial charge >= 0.3 is 6.03 Å². The van der Waals surface area contributed by atoms with Crippen LogP contribution in [0.15, 0.2) is 42.6 Å². The summed E-state index contributed by atoms with van der Waals surface area (Å²) in [5.74, 6) is 0.413. The Hall–Kier alpha value is -3.06. The Bertz CT molecular complexity index is 864. The number of aromatic nitrogens is 3. The second kappa shape index (κ2) is 7.01. The van der Waals surface area contributed by atoms with Crippen LogP contribution in [0, 0.1) is 0 Å². The second-order valence-corrected chi connectivity index (χ2v) is 5.13. The summed E-state index contributed by atoms with van der Waals surface area (Å²) in [5.41, 5.74) is 3.49. The fourth-order valence-electron chi connectivity index (χ4n) is 2.21. The Kier molecular flexibility index (Phi) is 4.62. The molecule has 2 heterocycles. The smallest absolute Gasteiger partial charge is 0.320 e. The minimum atomic E-state index is -0.312. The average molecular weight is 323 g/mol. The van der Waals surface area contributed by atoms with Crippen molar-refractivity contribution in [1.29, 1.82) is 0 Å². The van der Waals surface area contributed by atoms with Gasteiger partial charge in [0.2, 0.25) is 0 Å². The van der Waals surface area contributed by atoms with Gasteiger partial charge in [-0.2, -0.15) is 0 Å². The number of aliphatic hydroxyl groups excluding tert-OH is 1. The van der Waals surface area contributed by atoms with Crippen LogP contribution in [0.2, 0.25) is 0 Å². The van der Waals surface area contributed by atoms with Gasteiger partial charge in [0.1, 0.15) is 11.3 Å². The van der Waals surface area contributed by atoms with Crippen LogP contribution in [0.1, 0.15) is 12.5 Å². The van der Waals surface area contributed by atoms with Crippen molar-refractivity contribution in [3.63, 3.8) is 0 Å². The highest BCUT2D eigenvalue weighted by Crippen LogP contribution is 2.20. The quantitative estimate of drug-likeness (QED) is 0.684. The molecule has 24 heavy (non-hydrogen) atoms. The number of fused-ring (bicyclic) bond motifs is 1. The largest absolute Gasteiger partial charge is 0.392 e. The highest BCUT2D eigenvalue weighted by Gasteiger charge is 2.07. The number of pyridine rings is 1. The molecule has 3 rings (SSSR count). The van der Waals surface area contributed by atoms with Crippen LogP contribution < -0.4 is 10.6 Å². The monoisotopic (exact) mass is 323 g/mol. The first-order valence-corrected chi connectivity index (χ1v) is 7.58. The van der Waals surface area contributed by atoms with E-state index in [-0.39, 0.29) is 12.6 Å². The van der Waals surface area contributed by atoms with E-state index >= 15 is 0 Å². The molecule has 0 radical (unpaired) electrons. The maximum absolute atomic E-state index is 11.6. The Labute approximate surface area is 138 Å². The van der Waals surface area contributed by atoms with Crippen molar-refractivity contribution in [2.75, 3.05) is 11.9 Å². The first-order chi connectivity index (χ1) is 11.7. The molecule has 0 fully saturated rings. The molecule has 0 spiro atoms. The van der Waals surface area contributed by atoms with Crippen molar-refractivity contribution in [2.45, 2.75) is 13.5 Å². The SMILES string of the molecule is CCNC(=O)Nc1ccc2ncc(-c3ccc(CO)cc3)nc2n1. The number of nitrogens with zero attached hydrogens (tertiary/aromatic N) is 3. The zero-order valence-electron chi connectivity index (χ0n) is 13.2. The molecule has 0 aliphatic heterocycles. The summed E-state index contributed by atoms with van der Waals surface area (Å²) in [6.07, 6.45) is 1.68. The Morgan fingerprint density at radius 2 is 1.92 bits per heavy atom. The van der Waals surface area contributed by atoms with Crippen molar-refractivity contribution in [3.05, 3.63) is 48.2 Å². The first kappa shape index (κ1) is 15.8. The number of hydrogen-bond donors (Lipinski definition) is 3. The van der Waals surface area contributed by atoms with Crippen LogP contribution in [0.25, 0.3) is 22.4 Å². The summed E-state index contributed by atoms with van der Waals surface area (Å²) in [5, 5.41) is 14.4. The highest BCUT2D eigenvalue weighted by molar-refractivity contribution is 5.89. The van der Waals surface area contributed by atoms with Gasteiger partial charge in [0.05, 0.1) is 18.5 Å². The van der Waals surface area contributed by atoms with E-state index in [1.807, 2.05) is 31.2 Å². The van der Waals surface area contributed by atoms with Crippen LogP contribution in [-0.2, 0) is 6.61 Å². The summed E-state index contributed by atoms with van der Waals surface area (Å²) in [4.78, 5) is 24.8. The van der Waals surface area contributed by atoms with Gasteiger partial charge in [-0.25, -0.2) is 14.8 Å². The molecule has 0 bridgehead atoms. The number of urea groups is 1. The minimum absolute atomic E-state index is 0.0000873. The van der Waals surface area contributed by atoms with Gasteiger partial charge in [-0.1, -0.05) is 24.3 Å². The summed E-state index contributed by atoms with van der Waals surface area (Å²) in [6, 6.07) is 10.5. The molecular formula is C17H17N5O2. The van der Waals surface area contributed by atoms with E-state index in [1.165, 1.54) is 0 Å². The zero-order valence-corrected chi connectivity index (χ0v) is 13.2. The number of carbonyl (C=O) groups is 1. The highest BCUT2D eigenvalue weighted by atomic mass is 16.3. The summed E-state index contributed by atoms with van der Waals surface area (Å²) < 4.78 is 0. The van der Waals surface area contributed by atoms with E-state index in [0.717, 1.165) is 11.1 Å². The van der Waals surface area contributed by atoms with Crippen molar-refractivity contribution in [1.82, 2.24) is 20.3 Å². The molecule has 7 heteroatoms. The normalized spacial score (nSPS) is 10.6. The van der Waals surface area contributed by atoms with E-state index in [0.29, 0.717) is 29.2 Å². The number of nitrogens with one attached hydrogen (secondary N) is 2. The lowest BCUT2D eigenvalue weighted by Crippen LogP contribution is -2.28. The number of carbonyl (C=O) groups excluding carboxylic acids is 1. The van der Waals surface area contributed by atoms with Crippen LogP contribution in [0.5, 0.6) is 0 Å². The van der Waals surface area contributed by atoms with Gasteiger partial charge < -0.3 is 10.4 Å². The van der Waals surface area contributed by atoms with Crippen molar-refractivity contribution < 1.29 is 9.90 Å². The van der Waals surface area contributed by atoms with Gasteiger partial charge in [-0.15, -0.1) is 0 Å². The molecule has 0 atom stereocenters. The third kappa shape index (κ3) is 3.47. The van der Waals surface area contributed by atoms with Crippen LogP contribution in [0.4, 0.5) is 10.6 Å². The van der Waals surface area contributed by atoms with Gasteiger partial charge in [-0.05, 0) is 24.6 Å². The molecule has 0 saturated carbocycles. The fraction of sp³-hybridized carbons (Fsp3) is 0.176. The summed E-state index contributed by atoms with van der Waals surface area (Å²) in [6.45, 7) is 2.38. The lowest BCUT2D eigenvalue weighted by Gasteiger charge is -2.07. The van der Waals surface area contributed by atoms with Gasteiger partial charge in [0, 0.05) is 12.1 Å². The molecular weight excluding hydrogens is 306 g/mol. The molecule has 0 aliphatic carbocycles. The number of rotatable bonds is 4. The van der Waals surface area contributed by atoms with Crippen LogP contribution in [-0.4, -0.2) is 32.6 Å². The first-order valence-electron chi connectivity index (χ1n) is 7.58. The Morgan fingerprint density at radius 3 is 2.62 bits per heavy atom. The van der Waals surface area contributed by atoms with E-state index in [9.17, 15) is 4.79 Å². The molecule has 7 nitrogen and oxygen atoms in total. The predicted octanol–water partition coefficient (Wildman–Crippen LogP) is 2.33. The van der Waals surface area contributed by atoms with Crippen molar-refractivity contribution in [2.24, 2.45) is 0 Å². The van der Waals surface area contributed by atoms with Gasteiger partial charge in [-0.3, -0.25) is 10.3 Å². The molecule has 0 saturated heterocycles. The molecule has 0 aliphatic rings. The van der Waals surface area contributed by atoms with Crippen molar-refractivity contribution in [3.8, 4) is 11.3 Å². The Balaban J connectivity index is 1.91. The molecule has 0 unspecified atom stereocenters. The molecule has 2 aromatic heterocycles. The number of benzene rings is 1. The molecule has 2 amide bonds. The maximum atomic E-state index is 11.6. The minimum Gasteiger partial charge on any atom is -0.392 e. The number of aliphatic hydroxyl groups is 1. The molecule has 1 aromatic carbocycles. The van der Waals surface area contributed by atoms with Crippen LogP contribution >= 0.6 is 0 Å². The van der Waals surface area contributed by atoms with Gasteiger partial charge in [0.15, 0.2) is 5.65 Å². The fourth-order valence-corrected chi connectivity index (χ4v) is 2.21. The Morgan fingerprint density at radius 1 is 1.12 bits per heavy atom. The van der Waals surface area contributed by atoms with Crippen molar-refractivity contribution >= 4 is 23.0 Å². The number of amides is 2. The summed E-state index contributed by atoms with van der Waals surface area (Å²) >= 11 is 0. The maximum Gasteiger partial charge on any atom is 0.320 e. The van der Waals surface area contributed by atoms with E-state index in [2.05, 4.69) is 25.6 Å².